The Balaban J connectivity index is 1.90. The molecule has 1 amide bonds. The van der Waals surface area contributed by atoms with E-state index >= 15 is 0 Å². The minimum Gasteiger partial charge on any atom is -0.481 e. The number of amides is 1. The minimum atomic E-state index is -1.02. The van der Waals surface area contributed by atoms with Crippen LogP contribution in [0.2, 0.25) is 0 Å². The Morgan fingerprint density at radius 3 is 2.61 bits per heavy atom. The molecule has 0 aliphatic carbocycles. The van der Waals surface area contributed by atoms with Crippen molar-refractivity contribution >= 4 is 11.9 Å². The number of ether oxygens (including phenoxy) is 1. The maximum atomic E-state index is 13.0. The number of benzene rings is 1. The summed E-state index contributed by atoms with van der Waals surface area (Å²) in [4.78, 5) is 23.1. The summed E-state index contributed by atoms with van der Waals surface area (Å²) in [5, 5.41) is 11.7. The Morgan fingerprint density at radius 2 is 2.04 bits per heavy atom. The normalized spacial score (nSPS) is 21.8. The van der Waals surface area contributed by atoms with Crippen LogP contribution < -0.4 is 5.32 Å². The van der Waals surface area contributed by atoms with Crippen LogP contribution in [0, 0.1) is 5.82 Å². The number of halogens is 1. The van der Waals surface area contributed by atoms with Crippen LogP contribution >= 0.6 is 0 Å². The molecule has 126 valence electrons. The van der Waals surface area contributed by atoms with E-state index in [1.54, 1.807) is 0 Å². The number of hydrogen-bond acceptors (Lipinski definition) is 3. The lowest BCUT2D eigenvalue weighted by atomic mass is 10.0. The van der Waals surface area contributed by atoms with Crippen LogP contribution in [-0.2, 0) is 14.3 Å². The highest BCUT2D eigenvalue weighted by Gasteiger charge is 2.23. The Kier molecular flexibility index (Phi) is 6.10. The first-order chi connectivity index (χ1) is 10.9. The molecule has 0 radical (unpaired) electrons. The van der Waals surface area contributed by atoms with Gasteiger partial charge in [0, 0.05) is 6.42 Å². The molecule has 1 aliphatic heterocycles. The van der Waals surface area contributed by atoms with Crippen molar-refractivity contribution < 1.29 is 23.8 Å². The standard InChI is InChI=1S/C17H22FNO4/c1-11-2-7-14(23-11)8-9-16(20)19-15(10-17(21)22)12-3-5-13(18)6-4-12/h3-6,11,14-15H,2,7-10H2,1H3,(H,19,20)(H,21,22)/t11-,14+,15+/m1/s1. The molecular weight excluding hydrogens is 301 g/mol. The van der Waals surface area contributed by atoms with Crippen LogP contribution in [0.5, 0.6) is 0 Å². The molecule has 0 spiro atoms. The Labute approximate surface area is 134 Å². The summed E-state index contributed by atoms with van der Waals surface area (Å²) in [6, 6.07) is 4.83. The van der Waals surface area contributed by atoms with Gasteiger partial charge in [-0.1, -0.05) is 12.1 Å². The first-order valence-electron chi connectivity index (χ1n) is 7.86. The third kappa shape index (κ3) is 5.63. The average Bonchev–Trinajstić information content (AvgIpc) is 2.90. The summed E-state index contributed by atoms with van der Waals surface area (Å²) in [6.07, 6.45) is 2.96. The fourth-order valence-electron chi connectivity index (χ4n) is 2.78. The van der Waals surface area contributed by atoms with Gasteiger partial charge in [0.1, 0.15) is 5.82 Å². The molecule has 0 aromatic heterocycles. The Morgan fingerprint density at radius 1 is 1.35 bits per heavy atom. The highest BCUT2D eigenvalue weighted by Crippen LogP contribution is 2.23. The third-order valence-corrected chi connectivity index (χ3v) is 4.00. The third-order valence-electron chi connectivity index (χ3n) is 4.00. The number of hydrogen-bond donors (Lipinski definition) is 2. The predicted molar refractivity (Wildman–Crippen MR) is 82.3 cm³/mol. The highest BCUT2D eigenvalue weighted by atomic mass is 19.1. The van der Waals surface area contributed by atoms with Crippen LogP contribution in [0.15, 0.2) is 24.3 Å². The van der Waals surface area contributed by atoms with Crippen LogP contribution in [0.1, 0.15) is 50.6 Å². The summed E-state index contributed by atoms with van der Waals surface area (Å²) in [6.45, 7) is 2.01. The fourth-order valence-corrected chi connectivity index (χ4v) is 2.78. The summed E-state index contributed by atoms with van der Waals surface area (Å²) in [5.41, 5.74) is 0.577. The number of rotatable bonds is 7. The molecule has 1 aliphatic rings. The zero-order valence-corrected chi connectivity index (χ0v) is 13.1. The second-order valence-electron chi connectivity index (χ2n) is 5.95. The zero-order valence-electron chi connectivity index (χ0n) is 13.1. The summed E-state index contributed by atoms with van der Waals surface area (Å²) < 4.78 is 18.6. The molecule has 6 heteroatoms. The molecule has 2 N–H and O–H groups in total. The molecule has 23 heavy (non-hydrogen) atoms. The monoisotopic (exact) mass is 323 g/mol. The van der Waals surface area contributed by atoms with Gasteiger partial charge in [0.2, 0.25) is 5.91 Å². The van der Waals surface area contributed by atoms with E-state index < -0.39 is 17.8 Å². The molecule has 5 nitrogen and oxygen atoms in total. The maximum absolute atomic E-state index is 13.0. The molecule has 1 heterocycles. The molecule has 1 saturated heterocycles. The lowest BCUT2D eigenvalue weighted by Gasteiger charge is -2.18. The van der Waals surface area contributed by atoms with Gasteiger partial charge >= 0.3 is 5.97 Å². The van der Waals surface area contributed by atoms with Gasteiger partial charge in [0.05, 0.1) is 24.7 Å². The maximum Gasteiger partial charge on any atom is 0.305 e. The second-order valence-corrected chi connectivity index (χ2v) is 5.95. The first-order valence-corrected chi connectivity index (χ1v) is 7.86. The van der Waals surface area contributed by atoms with E-state index in [-0.39, 0.29) is 31.0 Å². The minimum absolute atomic E-state index is 0.0968. The summed E-state index contributed by atoms with van der Waals surface area (Å²) in [5.74, 6) is -1.64. The number of carboxylic acid groups (broad SMARTS) is 1. The molecule has 3 atom stereocenters. The van der Waals surface area contributed by atoms with Crippen molar-refractivity contribution in [3.63, 3.8) is 0 Å². The van der Waals surface area contributed by atoms with Gasteiger partial charge in [-0.2, -0.15) is 0 Å². The molecule has 2 rings (SSSR count). The van der Waals surface area contributed by atoms with Crippen LogP contribution in [-0.4, -0.2) is 29.2 Å². The average molecular weight is 323 g/mol. The highest BCUT2D eigenvalue weighted by molar-refractivity contribution is 5.77. The molecular formula is C17H22FNO4. The Hall–Kier alpha value is -1.95. The van der Waals surface area contributed by atoms with E-state index in [1.807, 2.05) is 6.92 Å². The smallest absolute Gasteiger partial charge is 0.305 e. The SMILES string of the molecule is C[C@@H]1CC[C@@H](CCC(=O)N[C@@H](CC(=O)O)c2ccc(F)cc2)O1. The van der Waals surface area contributed by atoms with Crippen LogP contribution in [0.25, 0.3) is 0 Å². The van der Waals surface area contributed by atoms with E-state index in [4.69, 9.17) is 9.84 Å². The Bertz CT molecular complexity index is 546. The van der Waals surface area contributed by atoms with Gasteiger partial charge in [-0.05, 0) is 43.9 Å². The van der Waals surface area contributed by atoms with Gasteiger partial charge in [0.15, 0.2) is 0 Å². The van der Waals surface area contributed by atoms with Crippen molar-refractivity contribution in [3.05, 3.63) is 35.6 Å². The van der Waals surface area contributed by atoms with E-state index in [1.165, 1.54) is 24.3 Å². The van der Waals surface area contributed by atoms with Gasteiger partial charge < -0.3 is 15.2 Å². The molecule has 1 fully saturated rings. The van der Waals surface area contributed by atoms with Crippen LogP contribution in [0.3, 0.4) is 0 Å². The van der Waals surface area contributed by atoms with E-state index in [0.29, 0.717) is 12.0 Å². The first kappa shape index (κ1) is 17.4. The molecule has 1 aromatic carbocycles. The molecule has 0 saturated carbocycles. The van der Waals surface area contributed by atoms with Crippen molar-refractivity contribution in [3.8, 4) is 0 Å². The topological polar surface area (TPSA) is 75.6 Å². The van der Waals surface area contributed by atoms with Gasteiger partial charge in [-0.3, -0.25) is 9.59 Å². The van der Waals surface area contributed by atoms with E-state index in [9.17, 15) is 14.0 Å². The van der Waals surface area contributed by atoms with Crippen molar-refractivity contribution in [1.29, 1.82) is 0 Å². The quantitative estimate of drug-likeness (QED) is 0.809. The van der Waals surface area contributed by atoms with Crippen molar-refractivity contribution in [2.75, 3.05) is 0 Å². The summed E-state index contributed by atoms with van der Waals surface area (Å²) in [7, 11) is 0. The van der Waals surface area contributed by atoms with Crippen molar-refractivity contribution in [2.24, 2.45) is 0 Å². The molecule has 0 unspecified atom stereocenters. The zero-order chi connectivity index (χ0) is 16.8. The molecule has 1 aromatic rings. The van der Waals surface area contributed by atoms with Crippen molar-refractivity contribution in [2.45, 2.75) is 57.3 Å². The second kappa shape index (κ2) is 8.06. The lowest BCUT2D eigenvalue weighted by Crippen LogP contribution is -2.30. The van der Waals surface area contributed by atoms with E-state index in [2.05, 4.69) is 5.32 Å². The number of carbonyl (C=O) groups excluding carboxylic acids is 1. The fraction of sp³-hybridized carbons (Fsp3) is 0.529. The number of carbonyl (C=O) groups is 2. The van der Waals surface area contributed by atoms with Gasteiger partial charge in [0.25, 0.3) is 0 Å². The predicted octanol–water partition coefficient (Wildman–Crippen LogP) is 2.81. The number of nitrogens with one attached hydrogen (secondary N) is 1. The largest absolute Gasteiger partial charge is 0.481 e. The number of aliphatic carboxylic acids is 1. The van der Waals surface area contributed by atoms with Gasteiger partial charge in [-0.25, -0.2) is 4.39 Å². The lowest BCUT2D eigenvalue weighted by molar-refractivity contribution is -0.137. The summed E-state index contributed by atoms with van der Waals surface area (Å²) >= 11 is 0. The van der Waals surface area contributed by atoms with Crippen LogP contribution in [0.4, 0.5) is 4.39 Å². The van der Waals surface area contributed by atoms with E-state index in [0.717, 1.165) is 12.8 Å². The molecule has 0 bridgehead atoms. The number of carboxylic acids is 1. The van der Waals surface area contributed by atoms with Crippen molar-refractivity contribution in [1.82, 2.24) is 5.32 Å². The van der Waals surface area contributed by atoms with Gasteiger partial charge in [-0.15, -0.1) is 0 Å².